The molecule has 0 spiro atoms. The van der Waals surface area contributed by atoms with E-state index in [-0.39, 0.29) is 31.9 Å². The fourth-order valence-corrected chi connectivity index (χ4v) is 12.3. The molecule has 76 heavy (non-hydrogen) atoms. The van der Waals surface area contributed by atoms with Crippen LogP contribution in [0.3, 0.4) is 0 Å². The number of aromatic nitrogens is 2. The van der Waals surface area contributed by atoms with E-state index in [0.717, 1.165) is 95.5 Å². The first kappa shape index (κ1) is 47.3. The molecule has 3 aliphatic heterocycles. The molecule has 2 aromatic heterocycles. The number of rotatable bonds is 7. The zero-order chi connectivity index (χ0) is 50.7. The predicted molar refractivity (Wildman–Crippen MR) is 308 cm³/mol. The number of ether oxygens (including phenoxy) is 1. The molecule has 14 rings (SSSR count). The van der Waals surface area contributed by atoms with Gasteiger partial charge in [-0.2, -0.15) is 18.8 Å². The van der Waals surface area contributed by atoms with Crippen molar-refractivity contribution < 1.29 is 25.8 Å². The summed E-state index contributed by atoms with van der Waals surface area (Å²) >= 11 is 0. The minimum atomic E-state index is -0.222. The molecule has 374 valence electrons. The van der Waals surface area contributed by atoms with Crippen molar-refractivity contribution in [1.29, 1.82) is 0 Å². The number of benzene rings is 9. The maximum Gasteiger partial charge on any atom is 0.135 e. The monoisotopic (exact) mass is 1160 g/mol. The topological polar surface area (TPSA) is 40.0 Å². The van der Waals surface area contributed by atoms with Gasteiger partial charge in [-0.05, 0) is 108 Å². The van der Waals surface area contributed by atoms with Crippen molar-refractivity contribution in [2.45, 2.75) is 45.4 Å². The average molecular weight is 1170 g/mol. The van der Waals surface area contributed by atoms with Crippen molar-refractivity contribution >= 4 is 73.0 Å². The minimum absolute atomic E-state index is 0. The van der Waals surface area contributed by atoms with Crippen LogP contribution in [-0.4, -0.2) is 16.6 Å². The van der Waals surface area contributed by atoms with Gasteiger partial charge in [-0.15, -0.1) is 41.4 Å². The van der Waals surface area contributed by atoms with Gasteiger partial charge in [-0.3, -0.25) is 0 Å². The largest absolute Gasteiger partial charge is 0.509 e. The van der Waals surface area contributed by atoms with Crippen LogP contribution in [0.1, 0.15) is 55.5 Å². The number of hydrogen-bond donors (Lipinski definition) is 0. The Labute approximate surface area is 459 Å². The van der Waals surface area contributed by atoms with Crippen LogP contribution in [0.4, 0.5) is 51.2 Å². The maximum absolute atomic E-state index is 6.65. The van der Waals surface area contributed by atoms with E-state index in [9.17, 15) is 0 Å². The summed E-state index contributed by atoms with van der Waals surface area (Å²) in [6.45, 7) is 13.7. The van der Waals surface area contributed by atoms with Gasteiger partial charge in [0, 0.05) is 77.6 Å². The molecule has 5 heterocycles. The second-order valence-corrected chi connectivity index (χ2v) is 21.0. The van der Waals surface area contributed by atoms with Gasteiger partial charge in [0.15, 0.2) is 0 Å². The van der Waals surface area contributed by atoms with Crippen molar-refractivity contribution in [2.75, 3.05) is 26.6 Å². The van der Waals surface area contributed by atoms with Crippen molar-refractivity contribution in [3.63, 3.8) is 0 Å². The van der Waals surface area contributed by atoms with Gasteiger partial charge in [0.05, 0.1) is 34.1 Å². The van der Waals surface area contributed by atoms with Crippen molar-refractivity contribution in [3.05, 3.63) is 253 Å². The van der Waals surface area contributed by atoms with Crippen molar-refractivity contribution in [2.24, 2.45) is 0 Å². The molecule has 0 saturated carbocycles. The molecule has 0 atom stereocenters. The molecule has 11 aromatic rings. The van der Waals surface area contributed by atoms with Gasteiger partial charge in [0.25, 0.3) is 0 Å². The van der Waals surface area contributed by atoms with Crippen molar-refractivity contribution in [1.82, 2.24) is 9.55 Å². The third-order valence-corrected chi connectivity index (χ3v) is 16.0. The Kier molecular flexibility index (Phi) is 11.1. The molecular weight excluding hydrogens is 1110 g/mol. The summed E-state index contributed by atoms with van der Waals surface area (Å²) in [4.78, 5) is 14.7. The van der Waals surface area contributed by atoms with Crippen molar-refractivity contribution in [3.8, 4) is 28.4 Å². The third kappa shape index (κ3) is 7.16. The van der Waals surface area contributed by atoms with Crippen LogP contribution in [0.5, 0.6) is 11.5 Å². The van der Waals surface area contributed by atoms with Crippen LogP contribution >= 0.6 is 0 Å². The number of hydrogen-bond acceptors (Lipinski definition) is 6. The predicted octanol–water partition coefficient (Wildman–Crippen LogP) is 17.5. The second-order valence-electron chi connectivity index (χ2n) is 21.0. The van der Waals surface area contributed by atoms with Crippen LogP contribution in [0.15, 0.2) is 206 Å². The van der Waals surface area contributed by atoms with Gasteiger partial charge in [-0.1, -0.05) is 142 Å². The van der Waals surface area contributed by atoms with Gasteiger partial charge in [-0.25, -0.2) is 4.98 Å². The molecular formula is C68H53N6OPt-3. The average Bonchev–Trinajstić information content (AvgIpc) is 4.04. The number of pyridine rings is 1. The fourth-order valence-electron chi connectivity index (χ4n) is 12.3. The normalized spacial score (nSPS) is 14.7. The van der Waals surface area contributed by atoms with Crippen LogP contribution in [-0.2, 0) is 31.9 Å². The molecule has 0 radical (unpaired) electrons. The van der Waals surface area contributed by atoms with Crippen LogP contribution in [0.25, 0.3) is 38.8 Å². The van der Waals surface area contributed by atoms with E-state index >= 15 is 0 Å². The van der Waals surface area contributed by atoms with Gasteiger partial charge >= 0.3 is 0 Å². The van der Waals surface area contributed by atoms with E-state index in [0.29, 0.717) is 11.5 Å². The molecule has 9 aromatic carbocycles. The van der Waals surface area contributed by atoms with E-state index in [1.807, 2.05) is 18.2 Å². The van der Waals surface area contributed by atoms with E-state index in [1.165, 1.54) is 22.3 Å². The first-order valence-corrected chi connectivity index (χ1v) is 25.8. The molecule has 3 aliphatic rings. The zero-order valence-electron chi connectivity index (χ0n) is 43.1. The van der Waals surface area contributed by atoms with E-state index in [4.69, 9.17) is 9.72 Å². The molecule has 8 heteroatoms. The summed E-state index contributed by atoms with van der Waals surface area (Å²) in [7, 11) is 2.06. The smallest absolute Gasteiger partial charge is 0.135 e. The van der Waals surface area contributed by atoms with E-state index in [2.05, 4.69) is 273 Å². The second kappa shape index (κ2) is 17.9. The fraction of sp³-hybridized carbons (Fsp3) is 0.118. The summed E-state index contributed by atoms with van der Waals surface area (Å²) in [5.74, 6) is 1.98. The molecule has 0 saturated heterocycles. The first-order valence-electron chi connectivity index (χ1n) is 25.8. The maximum atomic E-state index is 6.65. The van der Waals surface area contributed by atoms with Gasteiger partial charge in [0.1, 0.15) is 5.82 Å². The number of nitrogens with zero attached hydrogens (tertiary/aromatic N) is 6. The molecule has 0 fully saturated rings. The van der Waals surface area contributed by atoms with Crippen LogP contribution < -0.4 is 24.3 Å². The summed E-state index contributed by atoms with van der Waals surface area (Å²) in [5, 5.41) is 2.18. The van der Waals surface area contributed by atoms with E-state index < -0.39 is 0 Å². The van der Waals surface area contributed by atoms with Crippen LogP contribution in [0, 0.1) is 25.7 Å². The first-order chi connectivity index (χ1) is 36.6. The number of anilines is 9. The Morgan fingerprint density at radius 1 is 0.487 bits per heavy atom. The third-order valence-electron chi connectivity index (χ3n) is 16.0. The summed E-state index contributed by atoms with van der Waals surface area (Å²) in [6, 6.07) is 79.0. The summed E-state index contributed by atoms with van der Waals surface area (Å²) < 4.78 is 8.88. The minimum Gasteiger partial charge on any atom is -0.509 e. The Bertz CT molecular complexity index is 3890. The standard InChI is InChI=1S/C68H53N6O.Pt/c1-44-39-65(74-55-28-12-7-23-48(55)49-38-37-47(41-64(49)74)75-46-22-19-21-45(40-46)71-43-70(6)60-33-17-18-34-61(60)71)69-42-50(44)66-62(72-56-29-13-8-24-51(56)67(2,3)52-25-9-14-30-57(52)72)35-20-36-63(66)73-58-31-15-10-26-53(58)68(4,5)54-27-11-16-32-59(54)73;/h7-39,42-43H,1-6H3;/q-3;. The SMILES string of the molecule is Cc1cc(-n2c3[c-]c(Oc4[c-]c(N5[CH-]N(C)c6ccccc65)ccc4)ccc3c3ccccc32)ncc1-c1c(N2c3ccccc3C(C)(C)c3ccccc32)cccc1N1c2ccccc2C(C)(C)c2ccccc21.[Pt]. The number of fused-ring (bicyclic) bond motifs is 8. The Balaban J connectivity index is 0.00000553. The molecule has 0 bridgehead atoms. The number of para-hydroxylation sites is 7. The van der Waals surface area contributed by atoms with Crippen LogP contribution in [0.2, 0.25) is 0 Å². The molecule has 7 nitrogen and oxygen atoms in total. The Morgan fingerprint density at radius 3 is 1.55 bits per heavy atom. The molecule has 0 amide bonds. The van der Waals surface area contributed by atoms with Gasteiger partial charge < -0.3 is 28.9 Å². The number of aryl methyl sites for hydroxylation is 1. The zero-order valence-corrected chi connectivity index (χ0v) is 45.4. The summed E-state index contributed by atoms with van der Waals surface area (Å²) in [6.07, 6.45) is 2.09. The van der Waals surface area contributed by atoms with Gasteiger partial charge in [0.2, 0.25) is 0 Å². The molecule has 0 N–H and O–H groups in total. The molecule has 0 aliphatic carbocycles. The Morgan fingerprint density at radius 2 is 0.974 bits per heavy atom. The summed E-state index contributed by atoms with van der Waals surface area (Å²) in [5.41, 5.74) is 19.7. The quantitative estimate of drug-likeness (QED) is 0.148. The molecule has 0 unspecified atom stereocenters. The Hall–Kier alpha value is -8.38. The van der Waals surface area contributed by atoms with E-state index in [1.54, 1.807) is 0 Å².